The highest BCUT2D eigenvalue weighted by molar-refractivity contribution is 7.91. The number of ether oxygens (including phenoxy) is 1. The summed E-state index contributed by atoms with van der Waals surface area (Å²) in [7, 11) is -1.58. The molecule has 1 amide bonds. The molecule has 162 valence electrons. The van der Waals surface area contributed by atoms with Crippen molar-refractivity contribution in [2.75, 3.05) is 25.2 Å². The minimum atomic E-state index is -3.11. The van der Waals surface area contributed by atoms with Crippen LogP contribution in [0.15, 0.2) is 24.3 Å². The quantitative estimate of drug-likeness (QED) is 0.620. The molecule has 8 nitrogen and oxygen atoms in total. The first kappa shape index (κ1) is 22.3. The summed E-state index contributed by atoms with van der Waals surface area (Å²) >= 11 is 6.21. The molecule has 1 fully saturated rings. The Morgan fingerprint density at radius 2 is 2.00 bits per heavy atom. The van der Waals surface area contributed by atoms with Gasteiger partial charge in [0.25, 0.3) is 5.91 Å². The molecule has 1 aromatic carbocycles. The van der Waals surface area contributed by atoms with Gasteiger partial charge in [-0.15, -0.1) is 0 Å². The molecule has 10 heteroatoms. The molecule has 0 bridgehead atoms. The van der Waals surface area contributed by atoms with Crippen molar-refractivity contribution in [1.29, 1.82) is 0 Å². The van der Waals surface area contributed by atoms with Gasteiger partial charge >= 0.3 is 5.97 Å². The number of aromatic nitrogens is 2. The Bertz CT molecular complexity index is 1080. The van der Waals surface area contributed by atoms with E-state index in [9.17, 15) is 18.0 Å². The lowest BCUT2D eigenvalue weighted by Crippen LogP contribution is -2.40. The van der Waals surface area contributed by atoms with Crippen LogP contribution in [0.5, 0.6) is 0 Å². The van der Waals surface area contributed by atoms with E-state index in [1.54, 1.807) is 24.6 Å². The van der Waals surface area contributed by atoms with Crippen molar-refractivity contribution in [3.63, 3.8) is 0 Å². The minimum Gasteiger partial charge on any atom is -0.452 e. The largest absolute Gasteiger partial charge is 0.452 e. The van der Waals surface area contributed by atoms with Crippen LogP contribution < -0.4 is 0 Å². The fourth-order valence-electron chi connectivity index (χ4n) is 3.52. The van der Waals surface area contributed by atoms with Gasteiger partial charge in [-0.25, -0.2) is 13.2 Å². The van der Waals surface area contributed by atoms with Crippen molar-refractivity contribution in [3.05, 3.63) is 51.8 Å². The Morgan fingerprint density at radius 3 is 2.63 bits per heavy atom. The lowest BCUT2D eigenvalue weighted by atomic mass is 10.2. The van der Waals surface area contributed by atoms with Gasteiger partial charge in [0.15, 0.2) is 16.4 Å². The molecule has 3 rings (SSSR count). The number of carbonyl (C=O) groups is 2. The molecule has 2 heterocycles. The highest BCUT2D eigenvalue weighted by Crippen LogP contribution is 2.20. The van der Waals surface area contributed by atoms with Crippen LogP contribution in [0.25, 0.3) is 0 Å². The third-order valence-electron chi connectivity index (χ3n) is 5.34. The Morgan fingerprint density at radius 1 is 1.30 bits per heavy atom. The SMILES string of the molecule is Cc1nn(Cc2ccccc2Cl)c(C)c1C(=O)OCC(=O)N(C)C1CCS(=O)(=O)C1. The number of rotatable bonds is 6. The molecule has 1 saturated heterocycles. The smallest absolute Gasteiger partial charge is 0.342 e. The summed E-state index contributed by atoms with van der Waals surface area (Å²) in [6.45, 7) is 3.40. The first-order chi connectivity index (χ1) is 14.1. The molecule has 2 aromatic rings. The number of amides is 1. The average molecular weight is 454 g/mol. The number of sulfone groups is 1. The molecule has 0 spiro atoms. The highest BCUT2D eigenvalue weighted by atomic mass is 35.5. The van der Waals surface area contributed by atoms with Crippen molar-refractivity contribution >= 4 is 33.3 Å². The van der Waals surface area contributed by atoms with Gasteiger partial charge in [-0.05, 0) is 31.9 Å². The molecular weight excluding hydrogens is 430 g/mol. The van der Waals surface area contributed by atoms with E-state index in [1.165, 1.54) is 11.9 Å². The fraction of sp³-hybridized carbons (Fsp3) is 0.450. The van der Waals surface area contributed by atoms with Crippen molar-refractivity contribution < 1.29 is 22.7 Å². The van der Waals surface area contributed by atoms with E-state index in [1.807, 2.05) is 18.2 Å². The molecule has 0 aliphatic carbocycles. The van der Waals surface area contributed by atoms with Gasteiger partial charge < -0.3 is 9.64 Å². The number of carbonyl (C=O) groups excluding carboxylic acids is 2. The Labute approximate surface area is 180 Å². The van der Waals surface area contributed by atoms with Crippen LogP contribution >= 0.6 is 11.6 Å². The summed E-state index contributed by atoms with van der Waals surface area (Å²) in [6.07, 6.45) is 0.394. The first-order valence-corrected chi connectivity index (χ1v) is 11.7. The van der Waals surface area contributed by atoms with Crippen molar-refractivity contribution in [3.8, 4) is 0 Å². The summed E-state index contributed by atoms with van der Waals surface area (Å²) in [6, 6.07) is 7.00. The number of aryl methyl sites for hydroxylation is 1. The molecule has 1 unspecified atom stereocenters. The van der Waals surface area contributed by atoms with Gasteiger partial charge in [0.05, 0.1) is 29.4 Å². The summed E-state index contributed by atoms with van der Waals surface area (Å²) in [5.41, 5.74) is 2.28. The van der Waals surface area contributed by atoms with Crippen LogP contribution in [0.4, 0.5) is 0 Å². The van der Waals surface area contributed by atoms with E-state index in [2.05, 4.69) is 5.10 Å². The monoisotopic (exact) mass is 453 g/mol. The molecular formula is C20H24ClN3O5S. The maximum atomic E-state index is 12.6. The molecule has 30 heavy (non-hydrogen) atoms. The second kappa shape index (κ2) is 8.77. The van der Waals surface area contributed by atoms with E-state index in [0.717, 1.165) is 5.56 Å². The number of halogens is 1. The third kappa shape index (κ3) is 4.84. The second-order valence-corrected chi connectivity index (χ2v) is 10.1. The topological polar surface area (TPSA) is 98.6 Å². The number of hydrogen-bond acceptors (Lipinski definition) is 6. The minimum absolute atomic E-state index is 0.0593. The van der Waals surface area contributed by atoms with E-state index in [-0.39, 0.29) is 17.5 Å². The first-order valence-electron chi connectivity index (χ1n) is 9.49. The van der Waals surface area contributed by atoms with Gasteiger partial charge in [-0.1, -0.05) is 29.8 Å². The van der Waals surface area contributed by atoms with Gasteiger partial charge in [0, 0.05) is 18.1 Å². The van der Waals surface area contributed by atoms with Crippen molar-refractivity contribution in [1.82, 2.24) is 14.7 Å². The number of benzene rings is 1. The number of hydrogen-bond donors (Lipinski definition) is 0. The average Bonchev–Trinajstić information content (AvgIpc) is 3.19. The molecule has 1 aliphatic rings. The van der Waals surface area contributed by atoms with E-state index < -0.39 is 28.3 Å². The number of esters is 1. The Hall–Kier alpha value is -2.39. The Kier molecular flexibility index (Phi) is 6.52. The van der Waals surface area contributed by atoms with Crippen LogP contribution in [0, 0.1) is 13.8 Å². The summed E-state index contributed by atoms with van der Waals surface area (Å²) < 4.78 is 30.1. The zero-order valence-corrected chi connectivity index (χ0v) is 18.7. The van der Waals surface area contributed by atoms with E-state index in [4.69, 9.17) is 16.3 Å². The Balaban J connectivity index is 1.65. The lowest BCUT2D eigenvalue weighted by Gasteiger charge is -2.23. The molecule has 1 aliphatic heterocycles. The third-order valence-corrected chi connectivity index (χ3v) is 7.46. The van der Waals surface area contributed by atoms with E-state index >= 15 is 0 Å². The van der Waals surface area contributed by atoms with Gasteiger partial charge in [0.1, 0.15) is 5.56 Å². The van der Waals surface area contributed by atoms with Crippen LogP contribution in [0.3, 0.4) is 0 Å². The molecule has 0 N–H and O–H groups in total. The predicted molar refractivity (Wildman–Crippen MR) is 112 cm³/mol. The summed E-state index contributed by atoms with van der Waals surface area (Å²) in [5.74, 6) is -1.07. The van der Waals surface area contributed by atoms with Crippen LogP contribution in [-0.4, -0.2) is 66.2 Å². The van der Waals surface area contributed by atoms with Crippen LogP contribution in [0.1, 0.15) is 33.7 Å². The summed E-state index contributed by atoms with van der Waals surface area (Å²) in [5, 5.41) is 5.01. The summed E-state index contributed by atoms with van der Waals surface area (Å²) in [4.78, 5) is 26.3. The number of likely N-dealkylation sites (N-methyl/N-ethyl adjacent to an activating group) is 1. The van der Waals surface area contributed by atoms with Crippen molar-refractivity contribution in [2.24, 2.45) is 0 Å². The van der Waals surface area contributed by atoms with Crippen LogP contribution in [0.2, 0.25) is 5.02 Å². The predicted octanol–water partition coefficient (Wildman–Crippen LogP) is 2.00. The standard InChI is InChI=1S/C20H24ClN3O5S/c1-13-19(14(2)24(22-13)10-15-6-4-5-7-17(15)21)20(26)29-11-18(25)23(3)16-8-9-30(27,28)12-16/h4-7,16H,8-12H2,1-3H3. The van der Waals surface area contributed by atoms with Gasteiger partial charge in [-0.2, -0.15) is 5.10 Å². The zero-order chi connectivity index (χ0) is 22.1. The zero-order valence-electron chi connectivity index (χ0n) is 17.1. The second-order valence-electron chi connectivity index (χ2n) is 7.43. The lowest BCUT2D eigenvalue weighted by molar-refractivity contribution is -0.134. The molecule has 0 radical (unpaired) electrons. The normalized spacial score (nSPS) is 17.7. The molecule has 1 aromatic heterocycles. The van der Waals surface area contributed by atoms with Crippen LogP contribution in [-0.2, 0) is 25.9 Å². The molecule has 0 saturated carbocycles. The highest BCUT2D eigenvalue weighted by Gasteiger charge is 2.33. The maximum absolute atomic E-state index is 12.6. The van der Waals surface area contributed by atoms with Crippen molar-refractivity contribution in [2.45, 2.75) is 32.9 Å². The van der Waals surface area contributed by atoms with Gasteiger partial charge in [-0.3, -0.25) is 9.48 Å². The fourth-order valence-corrected chi connectivity index (χ4v) is 5.49. The van der Waals surface area contributed by atoms with Gasteiger partial charge in [0.2, 0.25) is 0 Å². The van der Waals surface area contributed by atoms with E-state index in [0.29, 0.717) is 34.9 Å². The molecule has 1 atom stereocenters. The number of nitrogens with zero attached hydrogens (tertiary/aromatic N) is 3. The maximum Gasteiger partial charge on any atom is 0.342 e.